The Morgan fingerprint density at radius 2 is 1.79 bits per heavy atom. The Labute approximate surface area is 210 Å². The van der Waals surface area contributed by atoms with Crippen LogP contribution in [0.5, 0.6) is 0 Å². The summed E-state index contributed by atoms with van der Waals surface area (Å²) >= 11 is 0. The molecule has 34 heavy (non-hydrogen) atoms. The molecule has 0 bridgehead atoms. The van der Waals surface area contributed by atoms with Gasteiger partial charge in [-0.1, -0.05) is 99.2 Å². The monoisotopic (exact) mass is 462 g/mol. The van der Waals surface area contributed by atoms with Gasteiger partial charge in [-0.25, -0.2) is 4.98 Å². The number of hydrogen-bond acceptors (Lipinski definition) is 1. The van der Waals surface area contributed by atoms with Gasteiger partial charge >= 0.3 is 0 Å². The first kappa shape index (κ1) is 29.7. The highest BCUT2D eigenvalue weighted by Gasteiger charge is 2.35. The third-order valence-electron chi connectivity index (χ3n) is 7.09. The molecule has 3 aliphatic heterocycles. The van der Waals surface area contributed by atoms with Gasteiger partial charge in [-0.15, -0.1) is 0 Å². The standard InChI is InChI=1S/C23H24N2.C5H12.C2H6.2CH4/c1-3-15(2)17-9-6-7-16-14-25-12-11-19-18-8-4-5-10-21(18)24-23(19)22(25)13-20(16)17;1-4-5(2)3;1-2;;/h4-5,8-12,16,20H,2-3,6-7,13-14H2,1H3;5H,4H2,1-3H3;1-2H3;2*1H4. The summed E-state index contributed by atoms with van der Waals surface area (Å²) in [7, 11) is 0. The molecule has 0 aromatic heterocycles. The molecule has 0 radical (unpaired) electrons. The summed E-state index contributed by atoms with van der Waals surface area (Å²) in [5, 5.41) is 1.28. The number of hydrogen-bond donors (Lipinski definition) is 0. The highest BCUT2D eigenvalue weighted by Crippen LogP contribution is 2.44. The lowest BCUT2D eigenvalue weighted by atomic mass is 9.71. The molecule has 0 saturated heterocycles. The highest BCUT2D eigenvalue weighted by molar-refractivity contribution is 5.97. The van der Waals surface area contributed by atoms with Crippen molar-refractivity contribution in [3.05, 3.63) is 66.0 Å². The van der Waals surface area contributed by atoms with Gasteiger partial charge < -0.3 is 4.57 Å². The Balaban J connectivity index is 0.000000577. The fourth-order valence-electron chi connectivity index (χ4n) is 4.90. The van der Waals surface area contributed by atoms with Crippen LogP contribution in [0, 0.1) is 17.8 Å². The third-order valence-corrected chi connectivity index (χ3v) is 7.09. The van der Waals surface area contributed by atoms with Gasteiger partial charge in [-0.3, -0.25) is 0 Å². The lowest BCUT2D eigenvalue weighted by Crippen LogP contribution is -2.34. The van der Waals surface area contributed by atoms with Crippen molar-refractivity contribution < 1.29 is 0 Å². The van der Waals surface area contributed by atoms with Crippen molar-refractivity contribution in [2.45, 2.75) is 95.0 Å². The molecular weight excluding hydrogens is 412 g/mol. The largest absolute Gasteiger partial charge is 0.349 e. The van der Waals surface area contributed by atoms with Gasteiger partial charge in [0.05, 0.1) is 11.2 Å². The number of aromatic nitrogens is 2. The van der Waals surface area contributed by atoms with Crippen molar-refractivity contribution in [3.8, 4) is 11.3 Å². The third kappa shape index (κ3) is 6.01. The summed E-state index contributed by atoms with van der Waals surface area (Å²) in [6, 6.07) is 10.8. The van der Waals surface area contributed by atoms with Crippen LogP contribution in [0.2, 0.25) is 0 Å². The van der Waals surface area contributed by atoms with Crippen LogP contribution < -0.4 is 0 Å². The average Bonchev–Trinajstić information content (AvgIpc) is 3.22. The molecule has 2 heteroatoms. The minimum absolute atomic E-state index is 0. The SMILES string of the molecule is C.C.C=C(CC)C1=CCCC2Cn3ccc4c5ccccc5nc-4c3CC12.CC.CCC(C)C. The van der Waals surface area contributed by atoms with Crippen LogP contribution in [-0.2, 0) is 13.0 Å². The number of fused-ring (bicyclic) bond motifs is 6. The molecule has 3 heterocycles. The Hall–Kier alpha value is -2.35. The van der Waals surface area contributed by atoms with Crippen molar-refractivity contribution in [2.24, 2.45) is 17.8 Å². The maximum Gasteiger partial charge on any atom is 0.0911 e. The van der Waals surface area contributed by atoms with Gasteiger partial charge in [0.2, 0.25) is 0 Å². The van der Waals surface area contributed by atoms with E-state index < -0.39 is 0 Å². The summed E-state index contributed by atoms with van der Waals surface area (Å²) in [6.45, 7) is 18.3. The van der Waals surface area contributed by atoms with Crippen LogP contribution in [0.4, 0.5) is 0 Å². The Morgan fingerprint density at radius 3 is 2.44 bits per heavy atom. The first-order valence-electron chi connectivity index (χ1n) is 12.8. The van der Waals surface area contributed by atoms with Crippen molar-refractivity contribution in [2.75, 3.05) is 0 Å². The van der Waals surface area contributed by atoms with Gasteiger partial charge in [-0.2, -0.15) is 0 Å². The van der Waals surface area contributed by atoms with Crippen molar-refractivity contribution >= 4 is 10.9 Å². The molecule has 0 amide bonds. The highest BCUT2D eigenvalue weighted by atomic mass is 15.0. The summed E-state index contributed by atoms with van der Waals surface area (Å²) in [5.74, 6) is 2.24. The predicted molar refractivity (Wildman–Crippen MR) is 154 cm³/mol. The molecule has 2 atom stereocenters. The van der Waals surface area contributed by atoms with Crippen LogP contribution in [0.1, 0.15) is 87.8 Å². The first-order chi connectivity index (χ1) is 15.5. The van der Waals surface area contributed by atoms with Crippen molar-refractivity contribution in [1.29, 1.82) is 0 Å². The summed E-state index contributed by atoms with van der Waals surface area (Å²) in [5.41, 5.74) is 7.89. The van der Waals surface area contributed by atoms with Gasteiger partial charge in [0.1, 0.15) is 0 Å². The molecular formula is C32H50N2. The molecule has 0 spiro atoms. The number of nitrogens with zero attached hydrogens (tertiary/aromatic N) is 2. The molecule has 0 fully saturated rings. The second kappa shape index (κ2) is 13.5. The van der Waals surface area contributed by atoms with Crippen molar-refractivity contribution in [1.82, 2.24) is 9.55 Å². The van der Waals surface area contributed by atoms with E-state index in [1.807, 2.05) is 13.8 Å². The quantitative estimate of drug-likeness (QED) is 0.378. The maximum atomic E-state index is 4.99. The minimum Gasteiger partial charge on any atom is -0.349 e. The van der Waals surface area contributed by atoms with E-state index in [1.54, 1.807) is 0 Å². The lowest BCUT2D eigenvalue weighted by molar-refractivity contribution is 0.260. The van der Waals surface area contributed by atoms with E-state index in [0.717, 1.165) is 36.7 Å². The molecule has 188 valence electrons. The van der Waals surface area contributed by atoms with Crippen molar-refractivity contribution in [3.63, 3.8) is 0 Å². The molecule has 0 saturated carbocycles. The number of rotatable bonds is 3. The molecule has 1 aliphatic carbocycles. The first-order valence-corrected chi connectivity index (χ1v) is 12.8. The normalized spacial score (nSPS) is 18.1. The molecule has 2 nitrogen and oxygen atoms in total. The van der Waals surface area contributed by atoms with Crippen LogP contribution in [-0.4, -0.2) is 9.55 Å². The fraction of sp³-hybridized carbons (Fsp3) is 0.531. The Kier molecular flexibility index (Phi) is 11.8. The smallest absolute Gasteiger partial charge is 0.0911 e. The molecule has 1 aromatic carbocycles. The summed E-state index contributed by atoms with van der Waals surface area (Å²) < 4.78 is 2.47. The van der Waals surface area contributed by atoms with E-state index in [-0.39, 0.29) is 14.9 Å². The van der Waals surface area contributed by atoms with Gasteiger partial charge in [-0.05, 0) is 61.1 Å². The molecule has 5 rings (SSSR count). The van der Waals surface area contributed by atoms with Crippen LogP contribution >= 0.6 is 0 Å². The van der Waals surface area contributed by atoms with E-state index in [9.17, 15) is 0 Å². The average molecular weight is 463 g/mol. The molecule has 1 aromatic rings. The van der Waals surface area contributed by atoms with Gasteiger partial charge in [0.15, 0.2) is 0 Å². The van der Waals surface area contributed by atoms with Crippen LogP contribution in [0.15, 0.2) is 60.3 Å². The van der Waals surface area contributed by atoms with E-state index in [0.29, 0.717) is 5.92 Å². The number of pyridine rings is 1. The number of para-hydroxylation sites is 1. The maximum absolute atomic E-state index is 4.99. The fourth-order valence-corrected chi connectivity index (χ4v) is 4.90. The number of benzene rings is 1. The van der Waals surface area contributed by atoms with Gasteiger partial charge in [0, 0.05) is 29.4 Å². The minimum atomic E-state index is 0. The van der Waals surface area contributed by atoms with E-state index in [4.69, 9.17) is 4.98 Å². The number of allylic oxidation sites excluding steroid dienone is 3. The molecule has 4 aliphatic rings. The van der Waals surface area contributed by atoms with Crippen LogP contribution in [0.3, 0.4) is 0 Å². The summed E-state index contributed by atoms with van der Waals surface area (Å²) in [6.07, 6.45) is 10.7. The van der Waals surface area contributed by atoms with E-state index >= 15 is 0 Å². The zero-order valence-electron chi connectivity index (χ0n) is 21.1. The zero-order chi connectivity index (χ0) is 23.3. The summed E-state index contributed by atoms with van der Waals surface area (Å²) in [4.78, 5) is 4.99. The van der Waals surface area contributed by atoms with E-state index in [2.05, 4.69) is 81.4 Å². The predicted octanol–water partition coefficient (Wildman–Crippen LogP) is 9.97. The van der Waals surface area contributed by atoms with Gasteiger partial charge in [0.25, 0.3) is 0 Å². The Morgan fingerprint density at radius 1 is 1.12 bits per heavy atom. The second-order valence-corrected chi connectivity index (χ2v) is 9.37. The topological polar surface area (TPSA) is 17.8 Å². The second-order valence-electron chi connectivity index (χ2n) is 9.37. The Bertz CT molecular complexity index is 1040. The zero-order valence-corrected chi connectivity index (χ0v) is 21.1. The molecule has 0 N–H and O–H groups in total. The molecule has 2 unspecified atom stereocenters. The van der Waals surface area contributed by atoms with Crippen LogP contribution in [0.25, 0.3) is 22.2 Å². The van der Waals surface area contributed by atoms with E-state index in [1.165, 1.54) is 52.7 Å². The lowest BCUT2D eigenvalue weighted by Gasteiger charge is -2.39.